The third-order valence-electron chi connectivity index (χ3n) is 12.1. The molecule has 0 aliphatic heterocycles. The van der Waals surface area contributed by atoms with Crippen LogP contribution >= 0.6 is 0 Å². The predicted molar refractivity (Wildman–Crippen MR) is 154 cm³/mol. The monoisotopic (exact) mass is 693 g/mol. The third-order valence-corrected chi connectivity index (χ3v) is 12.9. The minimum absolute atomic E-state index is 0.00609. The fraction of sp³-hybridized carbons (Fsp3) is 0.839. The maximum Gasteiger partial charge on any atom is 0.367 e. The summed E-state index contributed by atoms with van der Waals surface area (Å²) >= 11 is 0. The van der Waals surface area contributed by atoms with Crippen LogP contribution in [0.3, 0.4) is 0 Å². The zero-order valence-corrected chi connectivity index (χ0v) is 27.5. The van der Waals surface area contributed by atoms with E-state index in [0.717, 1.165) is 25.7 Å². The summed E-state index contributed by atoms with van der Waals surface area (Å²) in [4.78, 5) is 58.7. The molecular formula is C31H43F2O13S-. The number of alkyl halides is 2. The molecule has 0 aromatic rings. The van der Waals surface area contributed by atoms with Crippen molar-refractivity contribution in [2.24, 2.45) is 46.3 Å². The SMILES string of the molecule is C[C@H](CCC(=O)OCC(=O)OCC(F)(F)S(=O)(=O)[O-])[C@H]1CC[C@H]2[C@@H]3C(OC=O)C[C@@H]4CC(OC=O)CC[C@]4(C)[C@H]3CC(OC=O)[C@]12C. The van der Waals surface area contributed by atoms with Crippen LogP contribution in [0.25, 0.3) is 0 Å². The number of rotatable bonds is 15. The zero-order chi connectivity index (χ0) is 34.8. The van der Waals surface area contributed by atoms with E-state index in [1.807, 2.05) is 6.92 Å². The smallest absolute Gasteiger partial charge is 0.367 e. The number of ether oxygens (including phenoxy) is 5. The fourth-order valence-electron chi connectivity index (χ4n) is 9.78. The summed E-state index contributed by atoms with van der Waals surface area (Å²) in [5.41, 5.74) is -0.649. The van der Waals surface area contributed by atoms with E-state index >= 15 is 0 Å². The predicted octanol–water partition coefficient (Wildman–Crippen LogP) is 3.13. The lowest BCUT2D eigenvalue weighted by Crippen LogP contribution is -2.63. The van der Waals surface area contributed by atoms with Gasteiger partial charge in [0.1, 0.15) is 18.3 Å². The fourth-order valence-corrected chi connectivity index (χ4v) is 9.99. The van der Waals surface area contributed by atoms with Crippen LogP contribution in [0.2, 0.25) is 0 Å². The summed E-state index contributed by atoms with van der Waals surface area (Å²) in [6.07, 6.45) is 4.20. The Labute approximate surface area is 272 Å². The number of carbonyl (C=O) groups is 5. The lowest BCUT2D eigenvalue weighted by Gasteiger charge is -2.64. The van der Waals surface area contributed by atoms with E-state index in [1.165, 1.54) is 0 Å². The summed E-state index contributed by atoms with van der Waals surface area (Å²) in [5, 5.41) is -4.82. The van der Waals surface area contributed by atoms with Crippen molar-refractivity contribution in [2.75, 3.05) is 13.2 Å². The van der Waals surface area contributed by atoms with Gasteiger partial charge in [0.15, 0.2) is 23.3 Å². The van der Waals surface area contributed by atoms with Gasteiger partial charge in [0.25, 0.3) is 19.4 Å². The quantitative estimate of drug-likeness (QED) is 0.105. The molecule has 266 valence electrons. The van der Waals surface area contributed by atoms with Crippen LogP contribution in [0.5, 0.6) is 0 Å². The summed E-state index contributed by atoms with van der Waals surface area (Å²) in [6, 6.07) is 0. The summed E-state index contributed by atoms with van der Waals surface area (Å²) in [6.45, 7) is 4.74. The van der Waals surface area contributed by atoms with E-state index in [0.29, 0.717) is 45.1 Å². The van der Waals surface area contributed by atoms with E-state index < -0.39 is 52.0 Å². The van der Waals surface area contributed by atoms with Crippen molar-refractivity contribution in [3.63, 3.8) is 0 Å². The van der Waals surface area contributed by atoms with Crippen LogP contribution in [-0.4, -0.2) is 81.1 Å². The van der Waals surface area contributed by atoms with Crippen molar-refractivity contribution in [2.45, 2.75) is 102 Å². The zero-order valence-electron chi connectivity index (χ0n) is 26.7. The van der Waals surface area contributed by atoms with Crippen molar-refractivity contribution < 1.29 is 69.4 Å². The molecule has 47 heavy (non-hydrogen) atoms. The highest BCUT2D eigenvalue weighted by Crippen LogP contribution is 2.69. The van der Waals surface area contributed by atoms with Crippen LogP contribution in [0.15, 0.2) is 0 Å². The number of hydrogen-bond acceptors (Lipinski definition) is 13. The molecule has 4 aliphatic rings. The van der Waals surface area contributed by atoms with Crippen LogP contribution in [0.4, 0.5) is 8.78 Å². The normalized spacial score (nSPS) is 37.1. The molecular weight excluding hydrogens is 650 g/mol. The van der Waals surface area contributed by atoms with E-state index in [4.69, 9.17) is 18.9 Å². The molecule has 3 unspecified atom stereocenters. The van der Waals surface area contributed by atoms with Gasteiger partial charge in [0, 0.05) is 17.8 Å². The Hall–Kier alpha value is -2.88. The molecule has 4 rings (SSSR count). The van der Waals surface area contributed by atoms with Crippen LogP contribution in [-0.2, 0) is 57.8 Å². The molecule has 0 heterocycles. The van der Waals surface area contributed by atoms with E-state index in [1.54, 1.807) is 0 Å². The van der Waals surface area contributed by atoms with E-state index in [-0.39, 0.29) is 59.6 Å². The van der Waals surface area contributed by atoms with Crippen molar-refractivity contribution in [3.8, 4) is 0 Å². The minimum Gasteiger partial charge on any atom is -0.743 e. The Balaban J connectivity index is 1.43. The van der Waals surface area contributed by atoms with E-state index in [9.17, 15) is 45.7 Å². The molecule has 0 aromatic carbocycles. The molecule has 0 amide bonds. The minimum atomic E-state index is -6.04. The molecule has 16 heteroatoms. The van der Waals surface area contributed by atoms with Gasteiger partial charge in [-0.3, -0.25) is 19.2 Å². The van der Waals surface area contributed by atoms with Crippen molar-refractivity contribution >= 4 is 41.5 Å². The molecule has 0 spiro atoms. The molecule has 0 N–H and O–H groups in total. The average molecular weight is 694 g/mol. The van der Waals surface area contributed by atoms with Crippen LogP contribution in [0.1, 0.15) is 78.6 Å². The van der Waals surface area contributed by atoms with Gasteiger partial charge in [0.2, 0.25) is 0 Å². The largest absolute Gasteiger partial charge is 0.743 e. The third kappa shape index (κ3) is 7.27. The average Bonchev–Trinajstić information content (AvgIpc) is 3.36. The van der Waals surface area contributed by atoms with Gasteiger partial charge in [0.05, 0.1) is 0 Å². The first-order chi connectivity index (χ1) is 22.0. The molecule has 0 radical (unpaired) electrons. The Morgan fingerprint density at radius 2 is 1.62 bits per heavy atom. The maximum absolute atomic E-state index is 13.2. The number of carbonyl (C=O) groups excluding carboxylic acids is 5. The Morgan fingerprint density at radius 3 is 2.26 bits per heavy atom. The Bertz CT molecular complexity index is 1290. The molecule has 13 nitrogen and oxygen atoms in total. The molecule has 4 fully saturated rings. The van der Waals surface area contributed by atoms with Gasteiger partial charge in [-0.2, -0.15) is 8.78 Å². The van der Waals surface area contributed by atoms with Crippen molar-refractivity contribution in [1.82, 2.24) is 0 Å². The number of halogens is 2. The molecule has 11 atom stereocenters. The first-order valence-corrected chi connectivity index (χ1v) is 17.4. The maximum atomic E-state index is 13.2. The molecule has 0 aromatic heterocycles. The van der Waals surface area contributed by atoms with Crippen molar-refractivity contribution in [3.05, 3.63) is 0 Å². The van der Waals surface area contributed by atoms with Gasteiger partial charge in [-0.1, -0.05) is 20.8 Å². The van der Waals surface area contributed by atoms with Gasteiger partial charge in [-0.15, -0.1) is 0 Å². The van der Waals surface area contributed by atoms with E-state index in [2.05, 4.69) is 18.6 Å². The first kappa shape index (κ1) is 36.9. The van der Waals surface area contributed by atoms with Gasteiger partial charge in [-0.05, 0) is 86.4 Å². The second-order valence-electron chi connectivity index (χ2n) is 14.1. The van der Waals surface area contributed by atoms with Crippen LogP contribution in [0, 0.1) is 46.3 Å². The number of hydrogen-bond donors (Lipinski definition) is 0. The summed E-state index contributed by atoms with van der Waals surface area (Å²) in [5.74, 6) is -2.03. The second-order valence-corrected chi connectivity index (χ2v) is 15.6. The molecule has 0 bridgehead atoms. The highest BCUT2D eigenvalue weighted by atomic mass is 32.2. The lowest BCUT2D eigenvalue weighted by molar-refractivity contribution is -0.218. The summed E-state index contributed by atoms with van der Waals surface area (Å²) < 4.78 is 83.9. The number of esters is 2. The highest BCUT2D eigenvalue weighted by molar-refractivity contribution is 7.86. The number of fused-ring (bicyclic) bond motifs is 5. The Morgan fingerprint density at radius 1 is 0.936 bits per heavy atom. The molecule has 4 saturated carbocycles. The standard InChI is InChI=1S/C31H44F2O13S/c1-18(4-7-26(37)42-13-27(38)43-14-31(32,33)47(39,40)41)21-5-6-22-28-23(12-25(46-17-36)30(21,22)3)29(2)9-8-20(44-15-34)10-19(29)11-24(28)45-16-35/h15-25,28H,4-14H2,1-3H3,(H,39,40,41)/p-1/t18-,19+,20?,21-,22+,23+,24?,25?,28+,29+,30-/m1/s1. The van der Waals surface area contributed by atoms with Gasteiger partial charge in [-0.25, -0.2) is 13.2 Å². The second kappa shape index (κ2) is 14.3. The molecule has 0 saturated heterocycles. The summed E-state index contributed by atoms with van der Waals surface area (Å²) in [7, 11) is -6.04. The lowest BCUT2D eigenvalue weighted by atomic mass is 9.43. The highest BCUT2D eigenvalue weighted by Gasteiger charge is 2.67. The Kier molecular flexibility index (Phi) is 11.2. The van der Waals surface area contributed by atoms with Crippen LogP contribution < -0.4 is 0 Å². The topological polar surface area (TPSA) is 189 Å². The van der Waals surface area contributed by atoms with Gasteiger partial charge >= 0.3 is 17.2 Å². The van der Waals surface area contributed by atoms with Gasteiger partial charge < -0.3 is 28.2 Å². The molecule has 4 aliphatic carbocycles. The van der Waals surface area contributed by atoms with Crippen molar-refractivity contribution in [1.29, 1.82) is 0 Å². The first-order valence-electron chi connectivity index (χ1n) is 15.9.